The maximum Gasteiger partial charge on any atom is 0.159 e. The summed E-state index contributed by atoms with van der Waals surface area (Å²) in [4.78, 5) is 6.97. The first-order chi connectivity index (χ1) is 12.1. The zero-order chi connectivity index (χ0) is 17.4. The molecule has 0 bridgehead atoms. The molecule has 0 spiro atoms. The molecule has 7 heteroatoms. The van der Waals surface area contributed by atoms with Gasteiger partial charge >= 0.3 is 0 Å². The van der Waals surface area contributed by atoms with Crippen LogP contribution in [0.25, 0.3) is 5.65 Å². The predicted octanol–water partition coefficient (Wildman–Crippen LogP) is 2.29. The summed E-state index contributed by atoms with van der Waals surface area (Å²) in [5.41, 5.74) is 15.8. The van der Waals surface area contributed by atoms with Crippen molar-refractivity contribution in [1.82, 2.24) is 14.6 Å². The van der Waals surface area contributed by atoms with E-state index in [4.69, 9.17) is 16.5 Å². The summed E-state index contributed by atoms with van der Waals surface area (Å²) in [5.74, 6) is 1.75. The molecular formula is C18H23N7. The van der Waals surface area contributed by atoms with E-state index in [9.17, 15) is 0 Å². The van der Waals surface area contributed by atoms with Crippen LogP contribution in [-0.4, -0.2) is 33.7 Å². The van der Waals surface area contributed by atoms with Gasteiger partial charge in [0.1, 0.15) is 11.6 Å². The highest BCUT2D eigenvalue weighted by atomic mass is 15.3. The lowest BCUT2D eigenvalue weighted by atomic mass is 10.1. The van der Waals surface area contributed by atoms with Gasteiger partial charge in [0.25, 0.3) is 0 Å². The summed E-state index contributed by atoms with van der Waals surface area (Å²) in [6, 6.07) is 10.1. The molecule has 0 unspecified atom stereocenters. The van der Waals surface area contributed by atoms with Crippen molar-refractivity contribution in [2.75, 3.05) is 29.0 Å². The molecule has 1 aliphatic rings. The number of hydrogen-bond acceptors (Lipinski definition) is 6. The number of piperidine rings is 1. The van der Waals surface area contributed by atoms with Crippen LogP contribution in [0.1, 0.15) is 18.4 Å². The van der Waals surface area contributed by atoms with Gasteiger partial charge < -0.3 is 21.7 Å². The van der Waals surface area contributed by atoms with E-state index in [0.29, 0.717) is 5.69 Å². The second-order valence-corrected chi connectivity index (χ2v) is 6.66. The zero-order valence-corrected chi connectivity index (χ0v) is 14.3. The number of nitrogens with zero attached hydrogens (tertiary/aromatic N) is 4. The third-order valence-electron chi connectivity index (χ3n) is 4.60. The maximum atomic E-state index is 6.15. The van der Waals surface area contributed by atoms with E-state index >= 15 is 0 Å². The van der Waals surface area contributed by atoms with E-state index in [1.165, 1.54) is 0 Å². The van der Waals surface area contributed by atoms with Crippen molar-refractivity contribution in [2.45, 2.75) is 25.8 Å². The number of nitrogens with one attached hydrogen (secondary N) is 1. The number of anilines is 4. The fraction of sp³-hybridized carbons (Fsp3) is 0.333. The number of aryl methyl sites for hydroxylation is 1. The van der Waals surface area contributed by atoms with Crippen LogP contribution in [0.15, 0.2) is 36.5 Å². The summed E-state index contributed by atoms with van der Waals surface area (Å²) in [6.45, 7) is 3.82. The number of nitrogens with two attached hydrogens (primary N) is 2. The molecule has 2 aromatic heterocycles. The molecule has 5 N–H and O–H groups in total. The molecule has 3 heterocycles. The van der Waals surface area contributed by atoms with Gasteiger partial charge in [-0.15, -0.1) is 0 Å². The minimum atomic E-state index is 0.195. The lowest BCUT2D eigenvalue weighted by Crippen LogP contribution is -2.43. The van der Waals surface area contributed by atoms with Crippen LogP contribution < -0.4 is 21.7 Å². The Balaban J connectivity index is 1.73. The lowest BCUT2D eigenvalue weighted by Gasteiger charge is -2.32. The Labute approximate surface area is 146 Å². The van der Waals surface area contributed by atoms with Gasteiger partial charge in [0.2, 0.25) is 0 Å². The first-order valence-corrected chi connectivity index (χ1v) is 8.58. The molecular weight excluding hydrogens is 314 g/mol. The quantitative estimate of drug-likeness (QED) is 0.635. The molecule has 25 heavy (non-hydrogen) atoms. The smallest absolute Gasteiger partial charge is 0.159 e. The van der Waals surface area contributed by atoms with Crippen LogP contribution in [0.4, 0.5) is 23.0 Å². The topological polar surface area (TPSA) is 97.5 Å². The Morgan fingerprint density at radius 3 is 2.92 bits per heavy atom. The van der Waals surface area contributed by atoms with E-state index in [1.807, 2.05) is 37.3 Å². The Hall–Kier alpha value is -2.80. The van der Waals surface area contributed by atoms with Crippen molar-refractivity contribution in [3.8, 4) is 0 Å². The number of benzene rings is 1. The highest BCUT2D eigenvalue weighted by Crippen LogP contribution is 2.27. The van der Waals surface area contributed by atoms with Crippen molar-refractivity contribution in [1.29, 1.82) is 0 Å². The van der Waals surface area contributed by atoms with Gasteiger partial charge in [0.15, 0.2) is 5.65 Å². The molecule has 1 fully saturated rings. The summed E-state index contributed by atoms with van der Waals surface area (Å²) < 4.78 is 1.78. The Bertz CT molecular complexity index is 902. The minimum absolute atomic E-state index is 0.195. The van der Waals surface area contributed by atoms with Crippen LogP contribution in [0.5, 0.6) is 0 Å². The van der Waals surface area contributed by atoms with E-state index in [1.54, 1.807) is 10.7 Å². The van der Waals surface area contributed by atoms with Crippen molar-refractivity contribution in [2.24, 2.45) is 5.73 Å². The summed E-state index contributed by atoms with van der Waals surface area (Å²) in [6.07, 6.45) is 3.90. The van der Waals surface area contributed by atoms with Gasteiger partial charge in [-0.3, -0.25) is 0 Å². The Morgan fingerprint density at radius 1 is 1.24 bits per heavy atom. The normalized spacial score (nSPS) is 17.8. The van der Waals surface area contributed by atoms with Gasteiger partial charge in [0, 0.05) is 31.3 Å². The molecule has 7 nitrogen and oxygen atoms in total. The molecule has 0 saturated carbocycles. The SMILES string of the molecule is Cc1ccc(Nc2cc(N3CCC[C@@H](N)C3)nc3ccnn23)c(N)c1. The molecule has 0 amide bonds. The van der Waals surface area contributed by atoms with Crippen LogP contribution in [0.3, 0.4) is 0 Å². The van der Waals surface area contributed by atoms with Crippen molar-refractivity contribution in [3.63, 3.8) is 0 Å². The third-order valence-corrected chi connectivity index (χ3v) is 4.60. The van der Waals surface area contributed by atoms with E-state index in [2.05, 4.69) is 15.3 Å². The van der Waals surface area contributed by atoms with Crippen LogP contribution in [-0.2, 0) is 0 Å². The van der Waals surface area contributed by atoms with E-state index in [0.717, 1.165) is 54.5 Å². The molecule has 1 saturated heterocycles. The second kappa shape index (κ2) is 6.25. The molecule has 1 aromatic carbocycles. The first kappa shape index (κ1) is 15.7. The fourth-order valence-electron chi connectivity index (χ4n) is 3.30. The summed E-state index contributed by atoms with van der Waals surface area (Å²) in [5, 5.41) is 7.77. The van der Waals surface area contributed by atoms with Gasteiger partial charge in [-0.2, -0.15) is 9.61 Å². The molecule has 0 aliphatic carbocycles. The van der Waals surface area contributed by atoms with Gasteiger partial charge in [-0.1, -0.05) is 6.07 Å². The standard InChI is InChI=1S/C18H23N7/c1-12-4-5-15(14(20)9-12)22-18-10-17(23-16-6-7-21-25(16)18)24-8-2-3-13(19)11-24/h4-7,9-10,13,22H,2-3,8,11,19-20H2,1H3/t13-/m1/s1. The Kier molecular flexibility index (Phi) is 3.93. The predicted molar refractivity (Wildman–Crippen MR) is 101 cm³/mol. The van der Waals surface area contributed by atoms with Gasteiger partial charge in [-0.25, -0.2) is 4.98 Å². The van der Waals surface area contributed by atoms with Crippen LogP contribution in [0, 0.1) is 6.92 Å². The van der Waals surface area contributed by atoms with Gasteiger partial charge in [0.05, 0.1) is 17.6 Å². The van der Waals surface area contributed by atoms with Gasteiger partial charge in [-0.05, 0) is 37.5 Å². The zero-order valence-electron chi connectivity index (χ0n) is 14.3. The summed E-state index contributed by atoms with van der Waals surface area (Å²) >= 11 is 0. The number of hydrogen-bond donors (Lipinski definition) is 3. The second-order valence-electron chi connectivity index (χ2n) is 6.66. The molecule has 1 atom stereocenters. The van der Waals surface area contributed by atoms with Crippen molar-refractivity contribution < 1.29 is 0 Å². The van der Waals surface area contributed by atoms with E-state index in [-0.39, 0.29) is 6.04 Å². The lowest BCUT2D eigenvalue weighted by molar-refractivity contribution is 0.503. The number of nitrogen functional groups attached to an aromatic ring is 1. The number of fused-ring (bicyclic) bond motifs is 1. The Morgan fingerprint density at radius 2 is 2.12 bits per heavy atom. The first-order valence-electron chi connectivity index (χ1n) is 8.58. The highest BCUT2D eigenvalue weighted by Gasteiger charge is 2.19. The van der Waals surface area contributed by atoms with E-state index < -0.39 is 0 Å². The van der Waals surface area contributed by atoms with Crippen molar-refractivity contribution in [3.05, 3.63) is 42.1 Å². The molecule has 4 rings (SSSR count). The summed E-state index contributed by atoms with van der Waals surface area (Å²) in [7, 11) is 0. The number of rotatable bonds is 3. The molecule has 3 aromatic rings. The largest absolute Gasteiger partial charge is 0.397 e. The minimum Gasteiger partial charge on any atom is -0.397 e. The van der Waals surface area contributed by atoms with Crippen LogP contribution >= 0.6 is 0 Å². The fourth-order valence-corrected chi connectivity index (χ4v) is 3.30. The monoisotopic (exact) mass is 337 g/mol. The average molecular weight is 337 g/mol. The molecule has 0 radical (unpaired) electrons. The van der Waals surface area contributed by atoms with Crippen LogP contribution in [0.2, 0.25) is 0 Å². The maximum absolute atomic E-state index is 6.15. The molecule has 130 valence electrons. The van der Waals surface area contributed by atoms with Crippen molar-refractivity contribution >= 4 is 28.7 Å². The number of aromatic nitrogens is 3. The highest BCUT2D eigenvalue weighted by molar-refractivity contribution is 5.73. The third kappa shape index (κ3) is 3.10. The average Bonchev–Trinajstić information content (AvgIpc) is 3.06. The molecule has 1 aliphatic heterocycles.